The zero-order valence-corrected chi connectivity index (χ0v) is 14.7. The summed E-state index contributed by atoms with van der Waals surface area (Å²) in [6.07, 6.45) is -1.93. The van der Waals surface area contributed by atoms with Crippen LogP contribution in [0, 0.1) is 0 Å². The summed E-state index contributed by atoms with van der Waals surface area (Å²) in [6, 6.07) is 5.03. The normalized spacial score (nSPS) is 18.8. The Balaban J connectivity index is 0.00000288. The van der Waals surface area contributed by atoms with Crippen molar-refractivity contribution in [2.24, 2.45) is 0 Å². The summed E-state index contributed by atoms with van der Waals surface area (Å²) < 4.78 is 38.6. The molecule has 0 saturated carbocycles. The lowest BCUT2D eigenvalue weighted by atomic mass is 10.0. The van der Waals surface area contributed by atoms with E-state index in [0.717, 1.165) is 31.5 Å². The molecule has 1 aromatic rings. The van der Waals surface area contributed by atoms with Crippen molar-refractivity contribution in [1.29, 1.82) is 0 Å². The molecule has 1 aromatic carbocycles. The smallest absolute Gasteiger partial charge is 0.336 e. The number of amides is 1. The minimum absolute atomic E-state index is 0. The van der Waals surface area contributed by atoms with Gasteiger partial charge in [-0.1, -0.05) is 12.1 Å². The van der Waals surface area contributed by atoms with E-state index in [0.29, 0.717) is 18.5 Å². The van der Waals surface area contributed by atoms with Crippen molar-refractivity contribution in [3.63, 3.8) is 0 Å². The van der Waals surface area contributed by atoms with Crippen molar-refractivity contribution < 1.29 is 18.0 Å². The first-order chi connectivity index (χ1) is 10.8. The van der Waals surface area contributed by atoms with E-state index < -0.39 is 11.7 Å². The quantitative estimate of drug-likeness (QED) is 0.850. The van der Waals surface area contributed by atoms with Gasteiger partial charge in [0.05, 0.1) is 11.6 Å². The van der Waals surface area contributed by atoms with Crippen LogP contribution in [0.5, 0.6) is 0 Å². The Morgan fingerprint density at radius 1 is 1.42 bits per heavy atom. The van der Waals surface area contributed by atoms with Crippen LogP contribution in [0.2, 0.25) is 0 Å². The van der Waals surface area contributed by atoms with Crippen LogP contribution in [0.1, 0.15) is 50.3 Å². The first kappa shape index (κ1) is 20.8. The highest BCUT2D eigenvalue weighted by Crippen LogP contribution is 2.32. The lowest BCUT2D eigenvalue weighted by Crippen LogP contribution is -2.37. The number of nitrogens with one attached hydrogen (secondary N) is 1. The third-order valence-electron chi connectivity index (χ3n) is 4.41. The molecule has 3 nitrogen and oxygen atoms in total. The fraction of sp³-hybridized carbons (Fsp3) is 0.588. The molecule has 7 heteroatoms. The number of benzene rings is 1. The van der Waals surface area contributed by atoms with E-state index in [-0.39, 0.29) is 30.4 Å². The van der Waals surface area contributed by atoms with Gasteiger partial charge in [0.25, 0.3) is 0 Å². The van der Waals surface area contributed by atoms with Crippen molar-refractivity contribution in [3.8, 4) is 0 Å². The highest BCUT2D eigenvalue weighted by atomic mass is 35.5. The van der Waals surface area contributed by atoms with E-state index in [1.165, 1.54) is 6.07 Å². The van der Waals surface area contributed by atoms with E-state index in [1.54, 1.807) is 17.9 Å². The predicted octanol–water partition coefficient (Wildman–Crippen LogP) is 4.18. The molecule has 1 saturated heterocycles. The Labute approximate surface area is 147 Å². The molecule has 1 aliphatic heterocycles. The molecule has 1 aliphatic rings. The van der Waals surface area contributed by atoms with Gasteiger partial charge in [-0.15, -0.1) is 12.4 Å². The monoisotopic (exact) mass is 364 g/mol. The number of carbonyl (C=O) groups excluding carboxylic acids is 1. The van der Waals surface area contributed by atoms with Gasteiger partial charge in [-0.3, -0.25) is 4.79 Å². The van der Waals surface area contributed by atoms with Crippen LogP contribution < -0.4 is 5.32 Å². The molecule has 1 heterocycles. The molecule has 1 amide bonds. The number of rotatable bonds is 5. The van der Waals surface area contributed by atoms with Crippen LogP contribution in [0.25, 0.3) is 0 Å². The van der Waals surface area contributed by atoms with E-state index >= 15 is 0 Å². The maximum absolute atomic E-state index is 12.9. The third kappa shape index (κ3) is 5.11. The molecule has 2 unspecified atom stereocenters. The molecule has 136 valence electrons. The van der Waals surface area contributed by atoms with Gasteiger partial charge in [0.1, 0.15) is 0 Å². The lowest BCUT2D eigenvalue weighted by Gasteiger charge is -2.30. The van der Waals surface area contributed by atoms with Crippen LogP contribution in [0.3, 0.4) is 0 Å². The van der Waals surface area contributed by atoms with Crippen LogP contribution in [-0.2, 0) is 11.0 Å². The largest absolute Gasteiger partial charge is 0.416 e. The van der Waals surface area contributed by atoms with E-state index in [1.807, 2.05) is 6.92 Å². The Morgan fingerprint density at radius 2 is 2.12 bits per heavy atom. The average molecular weight is 365 g/mol. The zero-order valence-electron chi connectivity index (χ0n) is 13.9. The second-order valence-corrected chi connectivity index (χ2v) is 5.98. The molecule has 0 bridgehead atoms. The zero-order chi connectivity index (χ0) is 17.0. The van der Waals surface area contributed by atoms with Crippen LogP contribution in [0.4, 0.5) is 13.2 Å². The van der Waals surface area contributed by atoms with E-state index in [4.69, 9.17) is 0 Å². The molecule has 0 spiro atoms. The van der Waals surface area contributed by atoms with E-state index in [9.17, 15) is 18.0 Å². The average Bonchev–Trinajstić information content (AvgIpc) is 3.00. The third-order valence-corrected chi connectivity index (χ3v) is 4.41. The SMILES string of the molecule is CCN(C(=O)CC1CCCN1)C(C)c1cccc(C(F)(F)F)c1.Cl. The standard InChI is InChI=1S/C17H23F3N2O.ClH/c1-3-22(16(23)11-15-8-5-9-21-15)12(2)13-6-4-7-14(10-13)17(18,19)20;/h4,6-7,10,12,15,21H,3,5,8-9,11H2,1-2H3;1H. The Bertz CT molecular complexity index is 545. The first-order valence-electron chi connectivity index (χ1n) is 8.03. The molecule has 24 heavy (non-hydrogen) atoms. The molecule has 0 aromatic heterocycles. The summed E-state index contributed by atoms with van der Waals surface area (Å²) in [5.41, 5.74) is -0.169. The number of nitrogens with zero attached hydrogens (tertiary/aromatic N) is 1. The van der Waals surface area contributed by atoms with Gasteiger partial charge in [-0.25, -0.2) is 0 Å². The van der Waals surface area contributed by atoms with Gasteiger partial charge >= 0.3 is 6.18 Å². The second kappa shape index (κ2) is 8.72. The van der Waals surface area contributed by atoms with Crippen molar-refractivity contribution in [1.82, 2.24) is 10.2 Å². The highest BCUT2D eigenvalue weighted by molar-refractivity contribution is 5.85. The van der Waals surface area contributed by atoms with Gasteiger partial charge in [0.2, 0.25) is 5.91 Å². The second-order valence-electron chi connectivity index (χ2n) is 5.98. The van der Waals surface area contributed by atoms with Gasteiger partial charge in [0.15, 0.2) is 0 Å². The molecule has 2 rings (SSSR count). The van der Waals surface area contributed by atoms with Gasteiger partial charge in [-0.05, 0) is 50.9 Å². The molecular formula is C17H24ClF3N2O. The minimum atomic E-state index is -4.37. The number of alkyl halides is 3. The lowest BCUT2D eigenvalue weighted by molar-refractivity contribution is -0.137. The molecule has 1 fully saturated rings. The van der Waals surface area contributed by atoms with Gasteiger partial charge < -0.3 is 10.2 Å². The first-order valence-corrected chi connectivity index (χ1v) is 8.03. The maximum Gasteiger partial charge on any atom is 0.416 e. The van der Waals surface area contributed by atoms with Crippen molar-refractivity contribution in [3.05, 3.63) is 35.4 Å². The summed E-state index contributed by atoms with van der Waals surface area (Å²) in [5, 5.41) is 3.28. The van der Waals surface area contributed by atoms with Crippen molar-refractivity contribution in [2.45, 2.75) is 51.4 Å². The molecule has 0 aliphatic carbocycles. The fourth-order valence-corrected chi connectivity index (χ4v) is 3.08. The number of hydrogen-bond acceptors (Lipinski definition) is 2. The Kier molecular flexibility index (Phi) is 7.55. The van der Waals surface area contributed by atoms with Crippen molar-refractivity contribution in [2.75, 3.05) is 13.1 Å². The molecule has 0 radical (unpaired) electrons. The van der Waals surface area contributed by atoms with Crippen molar-refractivity contribution >= 4 is 18.3 Å². The van der Waals surface area contributed by atoms with Crippen LogP contribution in [0.15, 0.2) is 24.3 Å². The fourth-order valence-electron chi connectivity index (χ4n) is 3.08. The summed E-state index contributed by atoms with van der Waals surface area (Å²) in [7, 11) is 0. The number of carbonyl (C=O) groups is 1. The number of halogens is 4. The summed E-state index contributed by atoms with van der Waals surface area (Å²) in [5.74, 6) is -0.0168. The van der Waals surface area contributed by atoms with Crippen LogP contribution in [-0.4, -0.2) is 29.9 Å². The topological polar surface area (TPSA) is 32.3 Å². The summed E-state index contributed by atoms with van der Waals surface area (Å²) in [4.78, 5) is 14.1. The number of hydrogen-bond donors (Lipinski definition) is 1. The predicted molar refractivity (Wildman–Crippen MR) is 90.1 cm³/mol. The van der Waals surface area contributed by atoms with Gasteiger partial charge in [-0.2, -0.15) is 13.2 Å². The van der Waals surface area contributed by atoms with Crippen LogP contribution >= 0.6 is 12.4 Å². The highest BCUT2D eigenvalue weighted by Gasteiger charge is 2.31. The maximum atomic E-state index is 12.9. The molecular weight excluding hydrogens is 341 g/mol. The molecule has 1 N–H and O–H groups in total. The summed E-state index contributed by atoms with van der Waals surface area (Å²) in [6.45, 7) is 5.03. The minimum Gasteiger partial charge on any atom is -0.336 e. The van der Waals surface area contributed by atoms with Gasteiger partial charge in [0, 0.05) is 19.0 Å². The Morgan fingerprint density at radius 3 is 2.67 bits per heavy atom. The summed E-state index contributed by atoms with van der Waals surface area (Å²) >= 11 is 0. The van der Waals surface area contributed by atoms with E-state index in [2.05, 4.69) is 5.32 Å². The molecule has 2 atom stereocenters. The Hall–Kier alpha value is -1.27.